The molecular weight excluding hydrogens is 540 g/mol. The average Bonchev–Trinajstić information content (AvgIpc) is 3.44. The molecule has 2 heterocycles. The molecule has 44 heavy (non-hydrogen) atoms. The number of likely N-dealkylation sites (tertiary alicyclic amines) is 2. The molecule has 2 aliphatic rings. The zero-order valence-corrected chi connectivity index (χ0v) is 26.0. The van der Waals surface area contributed by atoms with E-state index in [2.05, 4.69) is 94.7 Å². The highest BCUT2D eigenvalue weighted by atomic mass is 16.2. The predicted octanol–water partition coefficient (Wildman–Crippen LogP) is 6.58. The minimum absolute atomic E-state index is 0.119. The van der Waals surface area contributed by atoms with E-state index >= 15 is 0 Å². The summed E-state index contributed by atoms with van der Waals surface area (Å²) in [6, 6.07) is 42.2. The summed E-state index contributed by atoms with van der Waals surface area (Å²) in [6.45, 7) is 3.67. The van der Waals surface area contributed by atoms with Gasteiger partial charge in [-0.2, -0.15) is 0 Å². The van der Waals surface area contributed by atoms with Gasteiger partial charge in [0.1, 0.15) is 11.3 Å². The molecule has 2 fully saturated rings. The Morgan fingerprint density at radius 3 is 1.66 bits per heavy atom. The van der Waals surface area contributed by atoms with Crippen LogP contribution in [0.5, 0.6) is 0 Å². The monoisotopic (exact) mass is 584 g/mol. The van der Waals surface area contributed by atoms with E-state index in [-0.39, 0.29) is 5.91 Å². The van der Waals surface area contributed by atoms with Gasteiger partial charge in [0, 0.05) is 39.8 Å². The molecule has 1 amide bonds. The number of piperidine rings is 1. The maximum absolute atomic E-state index is 14.1. The van der Waals surface area contributed by atoms with Gasteiger partial charge in [0.05, 0.1) is 5.41 Å². The zero-order chi connectivity index (χ0) is 30.6. The summed E-state index contributed by atoms with van der Waals surface area (Å²) in [5.41, 5.74) is 3.36. The van der Waals surface area contributed by atoms with E-state index in [1.807, 2.05) is 50.5 Å². The van der Waals surface area contributed by atoms with Crippen LogP contribution in [0.25, 0.3) is 0 Å². The van der Waals surface area contributed by atoms with Crippen molar-refractivity contribution in [2.45, 2.75) is 42.6 Å². The van der Waals surface area contributed by atoms with E-state index in [0.717, 1.165) is 62.4 Å². The summed E-state index contributed by atoms with van der Waals surface area (Å²) in [7, 11) is 3.73. The van der Waals surface area contributed by atoms with E-state index in [9.17, 15) is 10.2 Å². The van der Waals surface area contributed by atoms with Crippen molar-refractivity contribution in [1.82, 2.24) is 14.7 Å². The Hall–Kier alpha value is -4.22. The molecule has 5 nitrogen and oxygen atoms in total. The Kier molecular flexibility index (Phi) is 8.67. The van der Waals surface area contributed by atoms with Crippen LogP contribution in [-0.4, -0.2) is 72.8 Å². The van der Waals surface area contributed by atoms with Gasteiger partial charge in [-0.15, -0.1) is 0 Å². The molecule has 0 bridgehead atoms. The molecule has 226 valence electrons. The number of hydrogen-bond donors (Lipinski definition) is 1. The van der Waals surface area contributed by atoms with Crippen molar-refractivity contribution in [2.24, 2.45) is 0 Å². The summed E-state index contributed by atoms with van der Waals surface area (Å²) in [4.78, 5) is 20.7. The van der Waals surface area contributed by atoms with E-state index in [1.165, 1.54) is 11.1 Å². The first-order valence-electron chi connectivity index (χ1n) is 16.0. The summed E-state index contributed by atoms with van der Waals surface area (Å²) in [6.07, 6.45) is 3.68. The molecule has 0 atom stereocenters. The second kappa shape index (κ2) is 12.8. The van der Waals surface area contributed by atoms with Gasteiger partial charge in [0.15, 0.2) is 0 Å². The third-order valence-electron chi connectivity index (χ3n) is 10.1. The predicted molar refractivity (Wildman–Crippen MR) is 179 cm³/mol. The molecule has 0 radical (unpaired) electrons. The van der Waals surface area contributed by atoms with Crippen LogP contribution in [0, 0.1) is 5.41 Å². The molecular formula is C39H44N4O. The van der Waals surface area contributed by atoms with E-state index < -0.39 is 10.8 Å². The molecule has 0 unspecified atom stereocenters. The molecule has 2 aliphatic heterocycles. The lowest BCUT2D eigenvalue weighted by Gasteiger charge is -2.41. The van der Waals surface area contributed by atoms with Gasteiger partial charge in [-0.05, 0) is 54.5 Å². The summed E-state index contributed by atoms with van der Waals surface area (Å²) in [5, 5.41) is 9.58. The van der Waals surface area contributed by atoms with Crippen molar-refractivity contribution in [3.8, 4) is 0 Å². The minimum atomic E-state index is -0.745. The van der Waals surface area contributed by atoms with Crippen molar-refractivity contribution in [3.05, 3.63) is 144 Å². The molecule has 0 saturated carbocycles. The van der Waals surface area contributed by atoms with Crippen molar-refractivity contribution in [2.75, 3.05) is 40.3 Å². The number of hydrogen-bond acceptors (Lipinski definition) is 3. The van der Waals surface area contributed by atoms with Gasteiger partial charge in [0.25, 0.3) is 0 Å². The number of carbonyl (C=O) groups excluding carboxylic acids is 1. The zero-order valence-electron chi connectivity index (χ0n) is 26.0. The number of rotatable bonds is 9. The van der Waals surface area contributed by atoms with E-state index in [1.54, 1.807) is 4.90 Å². The van der Waals surface area contributed by atoms with Crippen molar-refractivity contribution < 1.29 is 4.79 Å². The number of nitrogens with zero attached hydrogens (tertiary/aromatic N) is 3. The van der Waals surface area contributed by atoms with Crippen LogP contribution in [0.1, 0.15) is 47.9 Å². The first-order chi connectivity index (χ1) is 21.5. The Morgan fingerprint density at radius 1 is 0.750 bits per heavy atom. The highest BCUT2D eigenvalue weighted by molar-refractivity contribution is 5.96. The molecule has 1 N–H and O–H groups in total. The molecule has 0 aliphatic carbocycles. The van der Waals surface area contributed by atoms with Crippen LogP contribution >= 0.6 is 0 Å². The van der Waals surface area contributed by atoms with Gasteiger partial charge in [-0.3, -0.25) is 10.2 Å². The number of nitrogens with one attached hydrogen (secondary N) is 1. The Balaban J connectivity index is 1.19. The lowest BCUT2D eigenvalue weighted by atomic mass is 9.70. The second-order valence-electron chi connectivity index (χ2n) is 12.6. The number of likely N-dealkylation sites (N-methyl/N-ethyl adjacent to an activating group) is 1. The van der Waals surface area contributed by atoms with Gasteiger partial charge < -0.3 is 14.7 Å². The second-order valence-corrected chi connectivity index (χ2v) is 12.6. The maximum atomic E-state index is 14.1. The lowest BCUT2D eigenvalue weighted by molar-refractivity contribution is -0.133. The number of amidine groups is 1. The Morgan fingerprint density at radius 2 is 1.20 bits per heavy atom. The minimum Gasteiger partial charge on any atom is -0.356 e. The quantitative estimate of drug-likeness (QED) is 0.242. The molecule has 4 aromatic carbocycles. The van der Waals surface area contributed by atoms with Gasteiger partial charge in [-0.1, -0.05) is 121 Å². The molecule has 4 aromatic rings. The van der Waals surface area contributed by atoms with Crippen LogP contribution in [-0.2, 0) is 15.6 Å². The average molecular weight is 585 g/mol. The molecule has 0 aromatic heterocycles. The van der Waals surface area contributed by atoms with Crippen molar-refractivity contribution in [3.63, 3.8) is 0 Å². The third kappa shape index (κ3) is 5.35. The standard InChI is InChI=1S/C39H44N4O/c1-41(2)37(44)39(33-19-11-5-12-20-33,34-21-13-6-14-22-34)25-29-42-27-23-35(24-28-42)43-30-26-38(36(43)40,31-15-7-3-8-16-31)32-17-9-4-10-18-32/h3-22,35,40H,23-30H2,1-2H3. The maximum Gasteiger partial charge on any atom is 0.237 e. The summed E-state index contributed by atoms with van der Waals surface area (Å²) in [5.74, 6) is 0.852. The van der Waals surface area contributed by atoms with E-state index in [4.69, 9.17) is 0 Å². The fraction of sp³-hybridized carbons (Fsp3) is 0.333. The van der Waals surface area contributed by atoms with Crippen LogP contribution in [0.3, 0.4) is 0 Å². The fourth-order valence-corrected chi connectivity index (χ4v) is 7.72. The van der Waals surface area contributed by atoms with Crippen LogP contribution < -0.4 is 0 Å². The number of carbonyl (C=O) groups is 1. The van der Waals surface area contributed by atoms with Gasteiger partial charge in [-0.25, -0.2) is 0 Å². The Labute approximate surface area is 262 Å². The fourth-order valence-electron chi connectivity index (χ4n) is 7.72. The van der Waals surface area contributed by atoms with Crippen molar-refractivity contribution in [1.29, 1.82) is 5.41 Å². The van der Waals surface area contributed by atoms with Crippen LogP contribution in [0.2, 0.25) is 0 Å². The molecule has 6 rings (SSSR count). The molecule has 2 saturated heterocycles. The summed E-state index contributed by atoms with van der Waals surface area (Å²) < 4.78 is 0. The summed E-state index contributed by atoms with van der Waals surface area (Å²) >= 11 is 0. The molecule has 0 spiro atoms. The number of benzene rings is 4. The third-order valence-corrected chi connectivity index (χ3v) is 10.1. The number of amides is 1. The molecule has 5 heteroatoms. The van der Waals surface area contributed by atoms with Crippen LogP contribution in [0.4, 0.5) is 0 Å². The normalized spacial score (nSPS) is 17.5. The highest BCUT2D eigenvalue weighted by Crippen LogP contribution is 2.44. The van der Waals surface area contributed by atoms with Gasteiger partial charge in [0.2, 0.25) is 5.91 Å². The highest BCUT2D eigenvalue weighted by Gasteiger charge is 2.48. The van der Waals surface area contributed by atoms with Gasteiger partial charge >= 0.3 is 0 Å². The topological polar surface area (TPSA) is 50.6 Å². The SMILES string of the molecule is CN(C)C(=O)C(CCN1CCC(N2CCC(c3ccccc3)(c3ccccc3)C2=N)CC1)(c1ccccc1)c1ccccc1. The van der Waals surface area contributed by atoms with Crippen molar-refractivity contribution >= 4 is 11.7 Å². The first kappa shape index (κ1) is 29.8. The smallest absolute Gasteiger partial charge is 0.237 e. The Bertz CT molecular complexity index is 1450. The largest absolute Gasteiger partial charge is 0.356 e. The van der Waals surface area contributed by atoms with Crippen LogP contribution in [0.15, 0.2) is 121 Å². The lowest BCUT2D eigenvalue weighted by Crippen LogP contribution is -2.50. The van der Waals surface area contributed by atoms with E-state index in [0.29, 0.717) is 12.5 Å². The first-order valence-corrected chi connectivity index (χ1v) is 16.0.